The zero-order valence-electron chi connectivity index (χ0n) is 16.6. The van der Waals surface area contributed by atoms with E-state index in [-0.39, 0.29) is 16.5 Å². The van der Waals surface area contributed by atoms with Gasteiger partial charge in [0, 0.05) is 32.9 Å². The Balaban J connectivity index is 1.86. The molecule has 0 bridgehead atoms. The lowest BCUT2D eigenvalue weighted by molar-refractivity contribution is 0.0932. The number of imidazole rings is 1. The van der Waals surface area contributed by atoms with Gasteiger partial charge >= 0.3 is 0 Å². The molecule has 3 rings (SSSR count). The molecule has 1 N–H and O–H groups in total. The predicted octanol–water partition coefficient (Wildman–Crippen LogP) is 1.64. The second-order valence-electron chi connectivity index (χ2n) is 7.04. The van der Waals surface area contributed by atoms with Gasteiger partial charge in [-0.25, -0.2) is 13.4 Å². The summed E-state index contributed by atoms with van der Waals surface area (Å²) in [7, 11) is -2.10. The number of hydrogen-bond donors (Lipinski definition) is 1. The number of nitrogens with zero attached hydrogens (tertiary/aromatic N) is 3. The highest BCUT2D eigenvalue weighted by Gasteiger charge is 2.36. The predicted molar refractivity (Wildman–Crippen MR) is 105 cm³/mol. The molecular formula is C19H26N4O4S. The first-order valence-electron chi connectivity index (χ1n) is 9.18. The molecule has 1 aromatic heterocycles. The minimum Gasteiger partial charge on any atom is -0.383 e. The van der Waals surface area contributed by atoms with Crippen LogP contribution in [0.1, 0.15) is 40.4 Å². The van der Waals surface area contributed by atoms with Gasteiger partial charge in [-0.2, -0.15) is 4.31 Å². The van der Waals surface area contributed by atoms with Crippen molar-refractivity contribution in [1.82, 2.24) is 19.2 Å². The van der Waals surface area contributed by atoms with Crippen LogP contribution in [0.2, 0.25) is 0 Å². The Hall–Kier alpha value is -2.23. The van der Waals surface area contributed by atoms with Crippen molar-refractivity contribution in [2.24, 2.45) is 0 Å². The van der Waals surface area contributed by atoms with Gasteiger partial charge in [0.05, 0.1) is 17.5 Å². The Morgan fingerprint density at radius 3 is 2.57 bits per heavy atom. The van der Waals surface area contributed by atoms with E-state index in [1.54, 1.807) is 32.4 Å². The maximum absolute atomic E-state index is 13.2. The Labute approximate surface area is 165 Å². The number of hydrogen-bond acceptors (Lipinski definition) is 5. The van der Waals surface area contributed by atoms with Crippen LogP contribution >= 0.6 is 0 Å². The lowest BCUT2D eigenvalue weighted by atomic mass is 10.2. The van der Waals surface area contributed by atoms with Crippen LogP contribution in [-0.4, -0.2) is 55.0 Å². The van der Waals surface area contributed by atoms with Crippen LogP contribution in [-0.2, 0) is 21.3 Å². The maximum atomic E-state index is 13.2. The number of carbonyl (C=O) groups is 1. The van der Waals surface area contributed by atoms with E-state index < -0.39 is 16.1 Å². The van der Waals surface area contributed by atoms with Crippen molar-refractivity contribution in [3.63, 3.8) is 0 Å². The number of benzene rings is 1. The van der Waals surface area contributed by atoms with E-state index in [1.807, 2.05) is 24.5 Å². The van der Waals surface area contributed by atoms with Crippen molar-refractivity contribution in [2.75, 3.05) is 26.8 Å². The van der Waals surface area contributed by atoms with Crippen LogP contribution in [0.5, 0.6) is 0 Å². The van der Waals surface area contributed by atoms with Gasteiger partial charge in [-0.15, -0.1) is 0 Å². The number of ether oxygens (including phenoxy) is 1. The van der Waals surface area contributed by atoms with Crippen molar-refractivity contribution in [2.45, 2.75) is 38.3 Å². The first kappa shape index (κ1) is 20.5. The van der Waals surface area contributed by atoms with Crippen LogP contribution in [0.4, 0.5) is 0 Å². The fourth-order valence-corrected chi connectivity index (χ4v) is 5.26. The molecule has 2 heterocycles. The third kappa shape index (κ3) is 3.96. The fourth-order valence-electron chi connectivity index (χ4n) is 3.48. The molecule has 0 saturated carbocycles. The van der Waals surface area contributed by atoms with Crippen LogP contribution in [0.3, 0.4) is 0 Å². The molecule has 1 atom stereocenters. The third-order valence-electron chi connectivity index (χ3n) is 4.80. The van der Waals surface area contributed by atoms with Crippen molar-refractivity contribution < 1.29 is 17.9 Å². The van der Waals surface area contributed by atoms with Gasteiger partial charge in [-0.05, 0) is 44.0 Å². The zero-order chi connectivity index (χ0) is 20.5. The normalized spacial score (nSPS) is 17.4. The topological polar surface area (TPSA) is 93.5 Å². The number of rotatable bonds is 6. The Bertz CT molecular complexity index is 964. The molecule has 2 aromatic rings. The summed E-state index contributed by atoms with van der Waals surface area (Å²) in [5.41, 5.74) is 2.09. The molecule has 8 nitrogen and oxygen atoms in total. The van der Waals surface area contributed by atoms with Crippen LogP contribution in [0, 0.1) is 13.8 Å². The average molecular weight is 407 g/mol. The van der Waals surface area contributed by atoms with E-state index in [1.165, 1.54) is 4.31 Å². The molecule has 0 spiro atoms. The molecule has 0 radical (unpaired) electrons. The maximum Gasteiger partial charge on any atom is 0.271 e. The van der Waals surface area contributed by atoms with Gasteiger partial charge in [0.25, 0.3) is 5.91 Å². The number of nitrogens with one attached hydrogen (secondary N) is 1. The summed E-state index contributed by atoms with van der Waals surface area (Å²) in [4.78, 5) is 16.9. The van der Waals surface area contributed by atoms with E-state index in [0.717, 1.165) is 11.1 Å². The molecule has 1 aromatic carbocycles. The third-order valence-corrected chi connectivity index (χ3v) is 6.75. The van der Waals surface area contributed by atoms with Crippen LogP contribution in [0.15, 0.2) is 29.3 Å². The van der Waals surface area contributed by atoms with Crippen LogP contribution < -0.4 is 5.32 Å². The lowest BCUT2D eigenvalue weighted by Gasteiger charge is -2.32. The highest BCUT2D eigenvalue weighted by molar-refractivity contribution is 7.89. The van der Waals surface area contributed by atoms with E-state index in [0.29, 0.717) is 32.1 Å². The van der Waals surface area contributed by atoms with E-state index >= 15 is 0 Å². The summed E-state index contributed by atoms with van der Waals surface area (Å²) in [5.74, 6) is 0.269. The first-order chi connectivity index (χ1) is 13.2. The molecule has 1 amide bonds. The monoisotopic (exact) mass is 406 g/mol. The van der Waals surface area contributed by atoms with Crippen LogP contribution in [0.25, 0.3) is 0 Å². The number of aromatic nitrogens is 2. The molecule has 0 unspecified atom stereocenters. The molecule has 0 saturated heterocycles. The minimum absolute atomic E-state index is 0.281. The molecule has 0 aliphatic carbocycles. The summed E-state index contributed by atoms with van der Waals surface area (Å²) in [5, 5.41) is 2.73. The molecule has 152 valence electrons. The number of methoxy groups -OCH3 is 1. The largest absolute Gasteiger partial charge is 0.383 e. The zero-order valence-corrected chi connectivity index (χ0v) is 17.4. The van der Waals surface area contributed by atoms with Crippen molar-refractivity contribution in [1.29, 1.82) is 0 Å². The lowest BCUT2D eigenvalue weighted by Crippen LogP contribution is -2.41. The van der Waals surface area contributed by atoms with Gasteiger partial charge in [-0.1, -0.05) is 6.07 Å². The molecule has 1 aliphatic rings. The van der Waals surface area contributed by atoms with E-state index in [4.69, 9.17) is 4.74 Å². The van der Waals surface area contributed by atoms with E-state index in [2.05, 4.69) is 10.3 Å². The number of sulfonamides is 1. The fraction of sp³-hybridized carbons (Fsp3) is 0.474. The van der Waals surface area contributed by atoms with Gasteiger partial charge in [-0.3, -0.25) is 4.79 Å². The second kappa shape index (κ2) is 8.02. The first-order valence-corrected chi connectivity index (χ1v) is 10.6. The van der Waals surface area contributed by atoms with Gasteiger partial charge in [0.1, 0.15) is 11.5 Å². The van der Waals surface area contributed by atoms with E-state index in [9.17, 15) is 13.2 Å². The number of fused-ring (bicyclic) bond motifs is 1. The van der Waals surface area contributed by atoms with Gasteiger partial charge in [0.15, 0.2) is 0 Å². The second-order valence-corrected chi connectivity index (χ2v) is 8.93. The van der Waals surface area contributed by atoms with Crippen molar-refractivity contribution in [3.05, 3.63) is 47.0 Å². The Kier molecular flexibility index (Phi) is 5.87. The molecule has 1 aliphatic heterocycles. The minimum atomic E-state index is -3.66. The number of carbonyl (C=O) groups excluding carboxylic acids is 1. The highest BCUT2D eigenvalue weighted by atomic mass is 32.2. The Morgan fingerprint density at radius 2 is 1.93 bits per heavy atom. The number of amides is 1. The summed E-state index contributed by atoms with van der Waals surface area (Å²) >= 11 is 0. The standard InChI is InChI=1S/C19H26N4O4S/c1-13-9-14(2)11-16(10-13)28(25,26)23-7-6-22-12-17(21-18(22)15(23)3)19(24)20-5-8-27-4/h9-12,15H,5-8H2,1-4H3,(H,20,24)/t15-/m0/s1. The summed E-state index contributed by atoms with van der Waals surface area (Å²) in [6.45, 7) is 7.13. The molecule has 9 heteroatoms. The van der Waals surface area contributed by atoms with Crippen molar-refractivity contribution in [3.8, 4) is 0 Å². The summed E-state index contributed by atoms with van der Waals surface area (Å²) < 4.78 is 34.7. The SMILES string of the molecule is COCCNC(=O)c1cn2c(n1)[C@H](C)N(S(=O)(=O)c1cc(C)cc(C)c1)CC2. The Morgan fingerprint density at radius 1 is 1.25 bits per heavy atom. The van der Waals surface area contributed by atoms with Gasteiger partial charge in [0.2, 0.25) is 10.0 Å². The molecule has 28 heavy (non-hydrogen) atoms. The smallest absolute Gasteiger partial charge is 0.271 e. The summed E-state index contributed by atoms with van der Waals surface area (Å²) in [6, 6.07) is 4.84. The van der Waals surface area contributed by atoms with Crippen molar-refractivity contribution >= 4 is 15.9 Å². The number of aryl methyl sites for hydroxylation is 2. The quantitative estimate of drug-likeness (QED) is 0.736. The summed E-state index contributed by atoms with van der Waals surface area (Å²) in [6.07, 6.45) is 1.68. The molecular weight excluding hydrogens is 380 g/mol. The average Bonchev–Trinajstić information content (AvgIpc) is 3.06. The highest BCUT2D eigenvalue weighted by Crippen LogP contribution is 2.31. The van der Waals surface area contributed by atoms with Gasteiger partial charge < -0.3 is 14.6 Å². The molecule has 0 fully saturated rings.